The highest BCUT2D eigenvalue weighted by atomic mass is 32.1. The van der Waals surface area contributed by atoms with Crippen LogP contribution in [0.25, 0.3) is 0 Å². The van der Waals surface area contributed by atoms with Gasteiger partial charge in [0.25, 0.3) is 0 Å². The molecule has 2 aromatic carbocycles. The second-order valence-electron chi connectivity index (χ2n) is 4.78. The standard InChI is InChI=1S/C16H18N2OS/c1-10-6-11(2)8-12(7-10)18-15-9-13(19-3)4-5-14(15)16(17)20/h4-9,18H,1-3H3,(H2,17,20). The summed E-state index contributed by atoms with van der Waals surface area (Å²) in [5.74, 6) is 0.761. The van der Waals surface area contributed by atoms with Gasteiger partial charge in [0.1, 0.15) is 10.7 Å². The summed E-state index contributed by atoms with van der Waals surface area (Å²) in [5.41, 5.74) is 10.8. The minimum absolute atomic E-state index is 0.361. The molecule has 0 spiro atoms. The van der Waals surface area contributed by atoms with E-state index in [1.165, 1.54) is 11.1 Å². The molecule has 0 heterocycles. The molecular weight excluding hydrogens is 268 g/mol. The van der Waals surface area contributed by atoms with E-state index in [-0.39, 0.29) is 0 Å². The number of nitrogens with one attached hydrogen (secondary N) is 1. The van der Waals surface area contributed by atoms with Crippen molar-refractivity contribution >= 4 is 28.6 Å². The lowest BCUT2D eigenvalue weighted by molar-refractivity contribution is 0.415. The van der Waals surface area contributed by atoms with Gasteiger partial charge in [-0.1, -0.05) is 18.3 Å². The zero-order valence-electron chi connectivity index (χ0n) is 11.9. The molecule has 3 N–H and O–H groups in total. The van der Waals surface area contributed by atoms with E-state index in [0.717, 1.165) is 22.7 Å². The number of rotatable bonds is 4. The van der Waals surface area contributed by atoms with Crippen LogP contribution in [0.5, 0.6) is 5.75 Å². The molecule has 0 saturated heterocycles. The Bertz CT molecular complexity index is 633. The molecule has 104 valence electrons. The van der Waals surface area contributed by atoms with Gasteiger partial charge in [0.15, 0.2) is 0 Å². The smallest absolute Gasteiger partial charge is 0.120 e. The largest absolute Gasteiger partial charge is 0.497 e. The monoisotopic (exact) mass is 286 g/mol. The first-order valence-corrected chi connectivity index (χ1v) is 6.73. The third kappa shape index (κ3) is 3.27. The van der Waals surface area contributed by atoms with Gasteiger partial charge in [0.05, 0.1) is 12.8 Å². The summed E-state index contributed by atoms with van der Waals surface area (Å²) in [6.07, 6.45) is 0. The second kappa shape index (κ2) is 5.92. The lowest BCUT2D eigenvalue weighted by Crippen LogP contribution is -2.12. The number of aryl methyl sites for hydroxylation is 2. The van der Waals surface area contributed by atoms with Crippen molar-refractivity contribution in [3.63, 3.8) is 0 Å². The average molecular weight is 286 g/mol. The fourth-order valence-electron chi connectivity index (χ4n) is 2.17. The molecule has 0 aliphatic heterocycles. The zero-order valence-corrected chi connectivity index (χ0v) is 12.7. The van der Waals surface area contributed by atoms with E-state index in [1.807, 2.05) is 18.2 Å². The van der Waals surface area contributed by atoms with Crippen molar-refractivity contribution in [3.05, 3.63) is 53.1 Å². The fourth-order valence-corrected chi connectivity index (χ4v) is 2.35. The topological polar surface area (TPSA) is 47.3 Å². The predicted molar refractivity (Wildman–Crippen MR) is 88.1 cm³/mol. The number of benzene rings is 2. The number of thiocarbonyl (C=S) groups is 1. The lowest BCUT2D eigenvalue weighted by atomic mass is 10.1. The van der Waals surface area contributed by atoms with E-state index >= 15 is 0 Å². The highest BCUT2D eigenvalue weighted by Gasteiger charge is 2.08. The molecule has 3 nitrogen and oxygen atoms in total. The maximum absolute atomic E-state index is 5.77. The van der Waals surface area contributed by atoms with Crippen LogP contribution in [0.3, 0.4) is 0 Å². The molecule has 0 fully saturated rings. The van der Waals surface area contributed by atoms with E-state index < -0.39 is 0 Å². The molecule has 2 aromatic rings. The molecule has 0 aliphatic carbocycles. The Labute approximate surface area is 124 Å². The van der Waals surface area contributed by atoms with Gasteiger partial charge in [-0.3, -0.25) is 0 Å². The van der Waals surface area contributed by atoms with E-state index in [9.17, 15) is 0 Å². The molecule has 0 saturated carbocycles. The number of ether oxygens (including phenoxy) is 1. The Morgan fingerprint density at radius 2 is 1.75 bits per heavy atom. The van der Waals surface area contributed by atoms with Crippen LogP contribution in [-0.4, -0.2) is 12.1 Å². The summed E-state index contributed by atoms with van der Waals surface area (Å²) in [6, 6.07) is 11.9. The molecule has 2 rings (SSSR count). The minimum Gasteiger partial charge on any atom is -0.497 e. The highest BCUT2D eigenvalue weighted by molar-refractivity contribution is 7.80. The maximum atomic E-state index is 5.77. The zero-order chi connectivity index (χ0) is 14.7. The maximum Gasteiger partial charge on any atom is 0.120 e. The van der Waals surface area contributed by atoms with Gasteiger partial charge >= 0.3 is 0 Å². The quantitative estimate of drug-likeness (QED) is 0.842. The molecule has 0 aromatic heterocycles. The lowest BCUT2D eigenvalue weighted by Gasteiger charge is -2.14. The van der Waals surface area contributed by atoms with Crippen LogP contribution in [0.15, 0.2) is 36.4 Å². The van der Waals surface area contributed by atoms with Gasteiger partial charge in [0.2, 0.25) is 0 Å². The Morgan fingerprint density at radius 1 is 1.10 bits per heavy atom. The summed E-state index contributed by atoms with van der Waals surface area (Å²) < 4.78 is 5.25. The molecule has 20 heavy (non-hydrogen) atoms. The molecule has 0 amide bonds. The third-order valence-corrected chi connectivity index (χ3v) is 3.21. The molecule has 4 heteroatoms. The summed E-state index contributed by atoms with van der Waals surface area (Å²) in [4.78, 5) is 0.361. The van der Waals surface area contributed by atoms with Gasteiger partial charge in [-0.2, -0.15) is 0 Å². The normalized spacial score (nSPS) is 10.2. The van der Waals surface area contributed by atoms with E-state index in [2.05, 4.69) is 37.4 Å². The molecule has 0 bridgehead atoms. The molecule has 0 atom stereocenters. The van der Waals surface area contributed by atoms with Gasteiger partial charge in [0, 0.05) is 17.3 Å². The van der Waals surface area contributed by atoms with Gasteiger partial charge in [-0.05, 0) is 49.2 Å². The van der Waals surface area contributed by atoms with Gasteiger partial charge in [-0.25, -0.2) is 0 Å². The average Bonchev–Trinajstić information content (AvgIpc) is 2.37. The summed E-state index contributed by atoms with van der Waals surface area (Å²) in [6.45, 7) is 4.14. The van der Waals surface area contributed by atoms with E-state index in [1.54, 1.807) is 7.11 Å². The molecule has 0 radical (unpaired) electrons. The van der Waals surface area contributed by atoms with Crippen molar-refractivity contribution in [2.24, 2.45) is 5.73 Å². The van der Waals surface area contributed by atoms with E-state index in [0.29, 0.717) is 4.99 Å². The van der Waals surface area contributed by atoms with Gasteiger partial charge < -0.3 is 15.8 Å². The van der Waals surface area contributed by atoms with Crippen molar-refractivity contribution in [1.29, 1.82) is 0 Å². The number of hydrogen-bond acceptors (Lipinski definition) is 3. The van der Waals surface area contributed by atoms with Crippen molar-refractivity contribution in [1.82, 2.24) is 0 Å². The number of anilines is 2. The fraction of sp³-hybridized carbons (Fsp3) is 0.188. The third-order valence-electron chi connectivity index (χ3n) is 2.99. The van der Waals surface area contributed by atoms with Gasteiger partial charge in [-0.15, -0.1) is 0 Å². The molecule has 0 aliphatic rings. The number of methoxy groups -OCH3 is 1. The Morgan fingerprint density at radius 3 is 2.30 bits per heavy atom. The summed E-state index contributed by atoms with van der Waals surface area (Å²) in [7, 11) is 1.64. The van der Waals surface area contributed by atoms with Crippen molar-refractivity contribution in [3.8, 4) is 5.75 Å². The SMILES string of the molecule is COc1ccc(C(N)=S)c(Nc2cc(C)cc(C)c2)c1. The van der Waals surface area contributed by atoms with Crippen molar-refractivity contribution in [2.45, 2.75) is 13.8 Å². The van der Waals surface area contributed by atoms with Crippen LogP contribution >= 0.6 is 12.2 Å². The predicted octanol–water partition coefficient (Wildman–Crippen LogP) is 3.69. The summed E-state index contributed by atoms with van der Waals surface area (Å²) in [5, 5.41) is 3.36. The minimum atomic E-state index is 0.361. The van der Waals surface area contributed by atoms with Crippen LogP contribution in [0.4, 0.5) is 11.4 Å². The highest BCUT2D eigenvalue weighted by Crippen LogP contribution is 2.27. The van der Waals surface area contributed by atoms with E-state index in [4.69, 9.17) is 22.7 Å². The van der Waals surface area contributed by atoms with Crippen LogP contribution in [-0.2, 0) is 0 Å². The second-order valence-corrected chi connectivity index (χ2v) is 5.22. The first kappa shape index (κ1) is 14.3. The number of hydrogen-bond donors (Lipinski definition) is 2. The van der Waals surface area contributed by atoms with Crippen LogP contribution in [0.2, 0.25) is 0 Å². The van der Waals surface area contributed by atoms with Crippen LogP contribution in [0, 0.1) is 13.8 Å². The molecule has 0 unspecified atom stereocenters. The van der Waals surface area contributed by atoms with Crippen molar-refractivity contribution < 1.29 is 4.74 Å². The molecular formula is C16H18N2OS. The van der Waals surface area contributed by atoms with Crippen LogP contribution in [0.1, 0.15) is 16.7 Å². The number of nitrogens with two attached hydrogens (primary N) is 1. The first-order chi connectivity index (χ1) is 9.49. The first-order valence-electron chi connectivity index (χ1n) is 6.33. The van der Waals surface area contributed by atoms with Crippen molar-refractivity contribution in [2.75, 3.05) is 12.4 Å². The summed E-state index contributed by atoms with van der Waals surface area (Å²) >= 11 is 5.09. The van der Waals surface area contributed by atoms with Crippen LogP contribution < -0.4 is 15.8 Å². The Kier molecular flexibility index (Phi) is 4.25. The Balaban J connectivity index is 2.42. The Hall–Kier alpha value is -2.07.